The summed E-state index contributed by atoms with van der Waals surface area (Å²) in [4.78, 5) is 4.19. The molecule has 1 aromatic heterocycles. The van der Waals surface area contributed by atoms with Crippen LogP contribution in [0, 0.1) is 11.8 Å². The Bertz CT molecular complexity index is 444. The molecule has 4 nitrogen and oxygen atoms in total. The van der Waals surface area contributed by atoms with Crippen molar-refractivity contribution in [2.75, 3.05) is 6.54 Å². The van der Waals surface area contributed by atoms with E-state index < -0.39 is 12.1 Å². The van der Waals surface area contributed by atoms with Crippen LogP contribution in [0.25, 0.3) is 0 Å². The number of hydrogen-bond acceptors (Lipinski definition) is 3. The Morgan fingerprint density at radius 2 is 2.19 bits per heavy atom. The predicted octanol–water partition coefficient (Wildman–Crippen LogP) is 2.70. The van der Waals surface area contributed by atoms with Gasteiger partial charge in [0.2, 0.25) is 0 Å². The van der Waals surface area contributed by atoms with Gasteiger partial charge in [-0.25, -0.2) is 4.98 Å². The normalized spacial score (nSPS) is 25.0. The van der Waals surface area contributed by atoms with E-state index in [1.807, 2.05) is 14.0 Å². The second-order valence-electron chi connectivity index (χ2n) is 5.83. The lowest BCUT2D eigenvalue weighted by molar-refractivity contribution is -0.186. The highest BCUT2D eigenvalue weighted by molar-refractivity contribution is 4.93. The van der Waals surface area contributed by atoms with E-state index >= 15 is 0 Å². The minimum atomic E-state index is -4.07. The Balaban J connectivity index is 2.05. The summed E-state index contributed by atoms with van der Waals surface area (Å²) in [7, 11) is 1.81. The highest BCUT2D eigenvalue weighted by Crippen LogP contribution is 2.41. The van der Waals surface area contributed by atoms with Gasteiger partial charge in [0.05, 0.1) is 5.92 Å². The second kappa shape index (κ2) is 6.77. The molecule has 1 heterocycles. The summed E-state index contributed by atoms with van der Waals surface area (Å²) >= 11 is 0. The van der Waals surface area contributed by atoms with Gasteiger partial charge in [0.1, 0.15) is 12.2 Å². The van der Waals surface area contributed by atoms with E-state index in [9.17, 15) is 13.2 Å². The molecule has 1 aromatic rings. The number of likely N-dealkylation sites (N-methyl/N-ethyl adjacent to an activating group) is 1. The standard InChI is InChI=1S/C14H23F3N4/c1-3-18-12(8-13-19-9-20-21(13)2)10-5-4-6-11(7-10)14(15,16)17/h9-12,18H,3-8H2,1-2H3. The number of aryl methyl sites for hydroxylation is 1. The molecule has 1 fully saturated rings. The second-order valence-corrected chi connectivity index (χ2v) is 5.83. The maximum Gasteiger partial charge on any atom is 0.391 e. The summed E-state index contributed by atoms with van der Waals surface area (Å²) in [6.07, 6.45) is 0.0248. The van der Waals surface area contributed by atoms with E-state index in [-0.39, 0.29) is 24.8 Å². The minimum absolute atomic E-state index is 0.0306. The lowest BCUT2D eigenvalue weighted by Gasteiger charge is -2.35. The first-order valence-corrected chi connectivity index (χ1v) is 7.54. The zero-order valence-electron chi connectivity index (χ0n) is 12.5. The monoisotopic (exact) mass is 304 g/mol. The third kappa shape index (κ3) is 4.18. The highest BCUT2D eigenvalue weighted by Gasteiger charge is 2.43. The van der Waals surface area contributed by atoms with Crippen LogP contribution in [-0.4, -0.2) is 33.5 Å². The largest absolute Gasteiger partial charge is 0.391 e. The quantitative estimate of drug-likeness (QED) is 0.909. The fourth-order valence-electron chi connectivity index (χ4n) is 3.26. The van der Waals surface area contributed by atoms with Gasteiger partial charge in [-0.05, 0) is 31.7 Å². The molecule has 2 rings (SSSR count). The number of alkyl halides is 3. The number of nitrogens with zero attached hydrogens (tertiary/aromatic N) is 3. The van der Waals surface area contributed by atoms with E-state index in [0.717, 1.165) is 18.8 Å². The molecule has 3 atom stereocenters. The van der Waals surface area contributed by atoms with Crippen LogP contribution in [0.3, 0.4) is 0 Å². The van der Waals surface area contributed by atoms with Crippen molar-refractivity contribution < 1.29 is 13.2 Å². The topological polar surface area (TPSA) is 42.7 Å². The van der Waals surface area contributed by atoms with Gasteiger partial charge in [-0.2, -0.15) is 18.3 Å². The first kappa shape index (κ1) is 16.3. The van der Waals surface area contributed by atoms with Crippen LogP contribution >= 0.6 is 0 Å². The number of halogens is 3. The van der Waals surface area contributed by atoms with Crippen molar-refractivity contribution in [2.24, 2.45) is 18.9 Å². The Hall–Kier alpha value is -1.11. The smallest absolute Gasteiger partial charge is 0.314 e. The average Bonchev–Trinajstić information content (AvgIpc) is 2.83. The van der Waals surface area contributed by atoms with Gasteiger partial charge in [0.15, 0.2) is 0 Å². The molecule has 3 unspecified atom stereocenters. The molecule has 0 aliphatic heterocycles. The van der Waals surface area contributed by atoms with Crippen LogP contribution in [-0.2, 0) is 13.5 Å². The van der Waals surface area contributed by atoms with Crippen LogP contribution in [0.4, 0.5) is 13.2 Å². The fraction of sp³-hybridized carbons (Fsp3) is 0.857. The number of rotatable bonds is 5. The van der Waals surface area contributed by atoms with E-state index in [4.69, 9.17) is 0 Å². The molecule has 0 aromatic carbocycles. The van der Waals surface area contributed by atoms with Gasteiger partial charge in [-0.1, -0.05) is 13.3 Å². The van der Waals surface area contributed by atoms with E-state index in [2.05, 4.69) is 15.4 Å². The van der Waals surface area contributed by atoms with Gasteiger partial charge in [-0.15, -0.1) is 0 Å². The van der Waals surface area contributed by atoms with Crippen molar-refractivity contribution in [1.29, 1.82) is 0 Å². The van der Waals surface area contributed by atoms with Crippen LogP contribution < -0.4 is 5.32 Å². The lowest BCUT2D eigenvalue weighted by atomic mass is 9.76. The maximum absolute atomic E-state index is 13.0. The first-order valence-electron chi connectivity index (χ1n) is 7.54. The summed E-state index contributed by atoms with van der Waals surface area (Å²) < 4.78 is 40.6. The van der Waals surface area contributed by atoms with Gasteiger partial charge < -0.3 is 5.32 Å². The number of hydrogen-bond donors (Lipinski definition) is 1. The van der Waals surface area contributed by atoms with Crippen molar-refractivity contribution in [3.63, 3.8) is 0 Å². The van der Waals surface area contributed by atoms with Crippen molar-refractivity contribution >= 4 is 0 Å². The van der Waals surface area contributed by atoms with Gasteiger partial charge >= 0.3 is 6.18 Å². The summed E-state index contributed by atoms with van der Waals surface area (Å²) in [6, 6.07) is 0.0306. The van der Waals surface area contributed by atoms with Crippen molar-refractivity contribution in [3.8, 4) is 0 Å². The minimum Gasteiger partial charge on any atom is -0.314 e. The third-order valence-corrected chi connectivity index (χ3v) is 4.42. The lowest BCUT2D eigenvalue weighted by Crippen LogP contribution is -2.42. The van der Waals surface area contributed by atoms with Crippen LogP contribution in [0.2, 0.25) is 0 Å². The Morgan fingerprint density at radius 3 is 2.76 bits per heavy atom. The van der Waals surface area contributed by atoms with Crippen molar-refractivity contribution in [2.45, 2.75) is 51.2 Å². The number of aromatic nitrogens is 3. The fourth-order valence-corrected chi connectivity index (χ4v) is 3.26. The van der Waals surface area contributed by atoms with Crippen LogP contribution in [0.5, 0.6) is 0 Å². The van der Waals surface area contributed by atoms with Crippen molar-refractivity contribution in [3.05, 3.63) is 12.2 Å². The van der Waals surface area contributed by atoms with E-state index in [0.29, 0.717) is 12.8 Å². The molecule has 21 heavy (non-hydrogen) atoms. The molecule has 1 N–H and O–H groups in total. The molecule has 0 bridgehead atoms. The molecule has 1 saturated carbocycles. The van der Waals surface area contributed by atoms with Gasteiger partial charge in [-0.3, -0.25) is 4.68 Å². The Kier molecular flexibility index (Phi) is 5.24. The zero-order chi connectivity index (χ0) is 15.5. The molecule has 0 amide bonds. The van der Waals surface area contributed by atoms with Gasteiger partial charge in [0.25, 0.3) is 0 Å². The average molecular weight is 304 g/mol. The molecule has 0 spiro atoms. The molecule has 7 heteroatoms. The molecular formula is C14H23F3N4. The predicted molar refractivity (Wildman–Crippen MR) is 73.7 cm³/mol. The molecule has 120 valence electrons. The first-order chi connectivity index (χ1) is 9.91. The zero-order valence-corrected chi connectivity index (χ0v) is 12.5. The van der Waals surface area contributed by atoms with Crippen LogP contribution in [0.1, 0.15) is 38.4 Å². The molecule has 1 aliphatic carbocycles. The maximum atomic E-state index is 13.0. The molecule has 0 radical (unpaired) electrons. The molecular weight excluding hydrogens is 281 g/mol. The Labute approximate surface area is 123 Å². The SMILES string of the molecule is CCNC(Cc1ncnn1C)C1CCCC(C(F)(F)F)C1. The van der Waals surface area contributed by atoms with E-state index in [1.54, 1.807) is 4.68 Å². The van der Waals surface area contributed by atoms with Crippen LogP contribution in [0.15, 0.2) is 6.33 Å². The summed E-state index contributed by atoms with van der Waals surface area (Å²) in [5.74, 6) is -0.297. The van der Waals surface area contributed by atoms with Crippen molar-refractivity contribution in [1.82, 2.24) is 20.1 Å². The summed E-state index contributed by atoms with van der Waals surface area (Å²) in [5, 5.41) is 7.37. The molecule has 0 saturated heterocycles. The third-order valence-electron chi connectivity index (χ3n) is 4.42. The summed E-state index contributed by atoms with van der Waals surface area (Å²) in [6.45, 7) is 2.73. The Morgan fingerprint density at radius 1 is 1.43 bits per heavy atom. The number of nitrogens with one attached hydrogen (secondary N) is 1. The highest BCUT2D eigenvalue weighted by atomic mass is 19.4. The summed E-state index contributed by atoms with van der Waals surface area (Å²) in [5.41, 5.74) is 0. The van der Waals surface area contributed by atoms with Gasteiger partial charge in [0, 0.05) is 19.5 Å². The van der Waals surface area contributed by atoms with E-state index in [1.165, 1.54) is 6.33 Å². The molecule has 1 aliphatic rings.